The average molecular weight is 438 g/mol. The number of benzene rings is 1. The maximum atomic E-state index is 12.2. The molecule has 2 saturated heterocycles. The molecule has 2 amide bonds. The Balaban J connectivity index is 1.32. The summed E-state index contributed by atoms with van der Waals surface area (Å²) in [4.78, 5) is 30.7. The molecule has 6 heteroatoms. The van der Waals surface area contributed by atoms with Gasteiger partial charge in [0.2, 0.25) is 5.91 Å². The zero-order valence-corrected chi connectivity index (χ0v) is 19.4. The van der Waals surface area contributed by atoms with Crippen LogP contribution < -0.4 is 4.90 Å². The molecule has 0 saturated carbocycles. The van der Waals surface area contributed by atoms with E-state index in [0.29, 0.717) is 6.04 Å². The van der Waals surface area contributed by atoms with Gasteiger partial charge in [0.15, 0.2) is 6.61 Å². The van der Waals surface area contributed by atoms with Gasteiger partial charge in [-0.3, -0.25) is 4.79 Å². The lowest BCUT2D eigenvalue weighted by molar-refractivity contribution is -0.116. The van der Waals surface area contributed by atoms with Crippen LogP contribution in [0.1, 0.15) is 57.9 Å². The Kier molecular flexibility index (Phi) is 7.05. The lowest BCUT2D eigenvalue weighted by atomic mass is 9.67. The van der Waals surface area contributed by atoms with E-state index in [2.05, 4.69) is 34.9 Å². The van der Waals surface area contributed by atoms with E-state index >= 15 is 0 Å². The Morgan fingerprint density at radius 3 is 2.41 bits per heavy atom. The van der Waals surface area contributed by atoms with Gasteiger partial charge in [0, 0.05) is 50.1 Å². The first-order valence-electron chi connectivity index (χ1n) is 12.0. The van der Waals surface area contributed by atoms with E-state index in [1.165, 1.54) is 5.56 Å². The van der Waals surface area contributed by atoms with Crippen LogP contribution in [0.4, 0.5) is 10.5 Å². The van der Waals surface area contributed by atoms with Gasteiger partial charge in [-0.15, -0.1) is 5.92 Å². The van der Waals surface area contributed by atoms with Crippen molar-refractivity contribution in [1.82, 2.24) is 9.80 Å². The SMILES string of the molecule is CCC#CCOC(=O)N1CCC(N2CCC3(CCN(C(C)=O)c4ccccc43)CC2)CC1. The molecule has 3 aliphatic rings. The minimum atomic E-state index is -0.236. The zero-order chi connectivity index (χ0) is 22.6. The molecule has 1 aromatic rings. The number of hydrogen-bond acceptors (Lipinski definition) is 4. The van der Waals surface area contributed by atoms with Crippen LogP contribution in [0, 0.1) is 11.8 Å². The highest BCUT2D eigenvalue weighted by Crippen LogP contribution is 2.47. The van der Waals surface area contributed by atoms with Crippen LogP contribution in [0.2, 0.25) is 0 Å². The summed E-state index contributed by atoms with van der Waals surface area (Å²) >= 11 is 0. The molecular formula is C26H35N3O3. The number of amides is 2. The maximum absolute atomic E-state index is 12.2. The molecule has 1 aromatic carbocycles. The molecule has 0 atom stereocenters. The first-order valence-corrected chi connectivity index (χ1v) is 12.0. The Bertz CT molecular complexity index is 887. The fourth-order valence-corrected chi connectivity index (χ4v) is 5.68. The Morgan fingerprint density at radius 1 is 1.03 bits per heavy atom. The largest absolute Gasteiger partial charge is 0.436 e. The molecule has 0 N–H and O–H groups in total. The summed E-state index contributed by atoms with van der Waals surface area (Å²) < 4.78 is 5.27. The van der Waals surface area contributed by atoms with Crippen molar-refractivity contribution in [3.8, 4) is 11.8 Å². The smallest absolute Gasteiger partial charge is 0.410 e. The number of fused-ring (bicyclic) bond motifs is 2. The molecule has 0 radical (unpaired) electrons. The van der Waals surface area contributed by atoms with Gasteiger partial charge in [-0.1, -0.05) is 31.0 Å². The lowest BCUT2D eigenvalue weighted by Crippen LogP contribution is -2.53. The number of rotatable bonds is 2. The van der Waals surface area contributed by atoms with E-state index in [-0.39, 0.29) is 24.0 Å². The molecule has 32 heavy (non-hydrogen) atoms. The predicted octanol–water partition coefficient (Wildman–Crippen LogP) is 3.79. The summed E-state index contributed by atoms with van der Waals surface area (Å²) in [6.07, 6.45) is 5.85. The van der Waals surface area contributed by atoms with E-state index in [9.17, 15) is 9.59 Å². The van der Waals surface area contributed by atoms with Crippen molar-refractivity contribution >= 4 is 17.7 Å². The second-order valence-corrected chi connectivity index (χ2v) is 9.23. The van der Waals surface area contributed by atoms with E-state index in [0.717, 1.165) is 76.9 Å². The third-order valence-electron chi connectivity index (χ3n) is 7.52. The van der Waals surface area contributed by atoms with Gasteiger partial charge in [0.25, 0.3) is 0 Å². The van der Waals surface area contributed by atoms with Crippen molar-refractivity contribution in [2.75, 3.05) is 44.2 Å². The summed E-state index contributed by atoms with van der Waals surface area (Å²) in [6.45, 7) is 8.31. The number of piperidine rings is 2. The van der Waals surface area contributed by atoms with Gasteiger partial charge < -0.3 is 19.4 Å². The number of likely N-dealkylation sites (tertiary alicyclic amines) is 2. The van der Waals surface area contributed by atoms with Crippen LogP contribution in [-0.4, -0.2) is 67.2 Å². The fourth-order valence-electron chi connectivity index (χ4n) is 5.68. The normalized spacial score (nSPS) is 20.9. The molecule has 4 rings (SSSR count). The Labute approximate surface area is 191 Å². The third kappa shape index (κ3) is 4.63. The highest BCUT2D eigenvalue weighted by atomic mass is 16.6. The molecule has 0 aliphatic carbocycles. The van der Waals surface area contributed by atoms with E-state index in [1.54, 1.807) is 6.92 Å². The van der Waals surface area contributed by atoms with Crippen molar-refractivity contribution < 1.29 is 14.3 Å². The number of hydrogen-bond donors (Lipinski definition) is 0. The minimum Gasteiger partial charge on any atom is -0.436 e. The lowest BCUT2D eigenvalue weighted by Gasteiger charge is -2.50. The van der Waals surface area contributed by atoms with Crippen LogP contribution in [0.5, 0.6) is 0 Å². The van der Waals surface area contributed by atoms with Crippen LogP contribution in [0.15, 0.2) is 24.3 Å². The van der Waals surface area contributed by atoms with Crippen molar-refractivity contribution in [1.29, 1.82) is 0 Å². The summed E-state index contributed by atoms with van der Waals surface area (Å²) in [5.74, 6) is 5.92. The summed E-state index contributed by atoms with van der Waals surface area (Å²) in [5, 5.41) is 0. The number of para-hydroxylation sites is 1. The Morgan fingerprint density at radius 2 is 1.72 bits per heavy atom. The van der Waals surface area contributed by atoms with Crippen molar-refractivity contribution in [2.45, 2.75) is 63.8 Å². The second kappa shape index (κ2) is 9.95. The standard InChI is InChI=1S/C26H35N3O3/c1-3-4-7-20-32-25(31)28-15-10-22(11-16-28)27-17-12-26(13-18-27)14-19-29(21(2)30)24-9-6-5-8-23(24)26/h5-6,8-9,22H,3,10-20H2,1-2H3. The van der Waals surface area contributed by atoms with Crippen molar-refractivity contribution in [2.24, 2.45) is 0 Å². The van der Waals surface area contributed by atoms with Gasteiger partial charge in [0.05, 0.1) is 0 Å². The molecule has 172 valence electrons. The van der Waals surface area contributed by atoms with Crippen LogP contribution in [0.25, 0.3) is 0 Å². The van der Waals surface area contributed by atoms with Gasteiger partial charge in [-0.25, -0.2) is 4.79 Å². The second-order valence-electron chi connectivity index (χ2n) is 9.23. The topological polar surface area (TPSA) is 53.1 Å². The Hall–Kier alpha value is -2.52. The van der Waals surface area contributed by atoms with Crippen molar-refractivity contribution in [3.63, 3.8) is 0 Å². The molecule has 0 unspecified atom stereocenters. The third-order valence-corrected chi connectivity index (χ3v) is 7.52. The quantitative estimate of drug-likeness (QED) is 0.661. The highest BCUT2D eigenvalue weighted by molar-refractivity contribution is 5.93. The zero-order valence-electron chi connectivity index (χ0n) is 19.4. The molecular weight excluding hydrogens is 402 g/mol. The number of carbonyl (C=O) groups excluding carboxylic acids is 2. The number of carbonyl (C=O) groups is 2. The van der Waals surface area contributed by atoms with Gasteiger partial charge in [-0.05, 0) is 56.8 Å². The van der Waals surface area contributed by atoms with Crippen LogP contribution in [-0.2, 0) is 14.9 Å². The van der Waals surface area contributed by atoms with E-state index < -0.39 is 0 Å². The number of ether oxygens (including phenoxy) is 1. The molecule has 3 aliphatic heterocycles. The molecule has 1 spiro atoms. The van der Waals surface area contributed by atoms with Crippen molar-refractivity contribution in [3.05, 3.63) is 29.8 Å². The average Bonchev–Trinajstić information content (AvgIpc) is 2.82. The summed E-state index contributed by atoms with van der Waals surface area (Å²) in [7, 11) is 0. The van der Waals surface area contributed by atoms with Crippen LogP contribution >= 0.6 is 0 Å². The maximum Gasteiger partial charge on any atom is 0.410 e. The van der Waals surface area contributed by atoms with E-state index in [1.807, 2.05) is 22.8 Å². The molecule has 0 aromatic heterocycles. The monoisotopic (exact) mass is 437 g/mol. The molecule has 2 fully saturated rings. The highest BCUT2D eigenvalue weighted by Gasteiger charge is 2.43. The van der Waals surface area contributed by atoms with E-state index in [4.69, 9.17) is 4.74 Å². The number of nitrogens with zero attached hydrogens (tertiary/aromatic N) is 3. The summed E-state index contributed by atoms with van der Waals surface area (Å²) in [5.41, 5.74) is 2.64. The predicted molar refractivity (Wildman–Crippen MR) is 126 cm³/mol. The molecule has 6 nitrogen and oxygen atoms in total. The minimum absolute atomic E-state index is 0.132. The van der Waals surface area contributed by atoms with Crippen LogP contribution in [0.3, 0.4) is 0 Å². The molecule has 3 heterocycles. The van der Waals surface area contributed by atoms with Gasteiger partial charge in [-0.2, -0.15) is 0 Å². The molecule has 0 bridgehead atoms. The number of anilines is 1. The first kappa shape index (κ1) is 22.7. The summed E-state index contributed by atoms with van der Waals surface area (Å²) in [6, 6.07) is 9.02. The van der Waals surface area contributed by atoms with Gasteiger partial charge in [0.1, 0.15) is 0 Å². The van der Waals surface area contributed by atoms with Gasteiger partial charge >= 0.3 is 6.09 Å². The first-order chi connectivity index (χ1) is 15.5. The fraction of sp³-hybridized carbons (Fsp3) is 0.615.